The van der Waals surface area contributed by atoms with Gasteiger partial charge in [-0.3, -0.25) is 19.4 Å². The highest BCUT2D eigenvalue weighted by atomic mass is 35.5. The number of ether oxygens (including phenoxy) is 2. The van der Waals surface area contributed by atoms with Crippen molar-refractivity contribution in [1.82, 2.24) is 9.80 Å². The summed E-state index contributed by atoms with van der Waals surface area (Å²) in [5.41, 5.74) is 1.17. The van der Waals surface area contributed by atoms with Gasteiger partial charge in [-0.1, -0.05) is 35.3 Å². The number of barbiturate groups is 1. The number of hydrogen-bond acceptors (Lipinski definition) is 5. The number of rotatable bonds is 5. The van der Waals surface area contributed by atoms with Crippen molar-refractivity contribution in [1.29, 1.82) is 0 Å². The van der Waals surface area contributed by atoms with E-state index in [0.717, 1.165) is 15.4 Å². The predicted molar refractivity (Wildman–Crippen MR) is 113 cm³/mol. The molecule has 1 heterocycles. The molecule has 0 spiro atoms. The van der Waals surface area contributed by atoms with E-state index in [1.807, 2.05) is 12.1 Å². The Labute approximate surface area is 183 Å². The van der Waals surface area contributed by atoms with E-state index in [0.29, 0.717) is 22.1 Å². The van der Waals surface area contributed by atoms with Gasteiger partial charge in [0.2, 0.25) is 0 Å². The number of carbonyl (C=O) groups excluding carboxylic acids is 3. The molecule has 1 aliphatic heterocycles. The molecule has 4 amide bonds. The zero-order valence-electron chi connectivity index (χ0n) is 16.4. The van der Waals surface area contributed by atoms with Crippen LogP contribution in [-0.4, -0.2) is 48.9 Å². The van der Waals surface area contributed by atoms with E-state index >= 15 is 0 Å². The van der Waals surface area contributed by atoms with Crippen molar-refractivity contribution in [3.63, 3.8) is 0 Å². The second kappa shape index (κ2) is 8.77. The highest BCUT2D eigenvalue weighted by molar-refractivity contribution is 6.33. The molecule has 0 aromatic heterocycles. The van der Waals surface area contributed by atoms with E-state index < -0.39 is 17.8 Å². The number of carbonyl (C=O) groups is 3. The zero-order chi connectivity index (χ0) is 22.0. The van der Waals surface area contributed by atoms with Crippen LogP contribution < -0.4 is 9.47 Å². The Hall–Kier alpha value is -3.03. The Morgan fingerprint density at radius 3 is 2.13 bits per heavy atom. The summed E-state index contributed by atoms with van der Waals surface area (Å²) in [4.78, 5) is 38.4. The molecule has 0 aliphatic carbocycles. The third-order valence-corrected chi connectivity index (χ3v) is 5.04. The van der Waals surface area contributed by atoms with Gasteiger partial charge in [0, 0.05) is 19.1 Å². The minimum Gasteiger partial charge on any atom is -0.493 e. The molecule has 0 unspecified atom stereocenters. The van der Waals surface area contributed by atoms with E-state index in [1.54, 1.807) is 24.3 Å². The van der Waals surface area contributed by atoms with Gasteiger partial charge in [0.15, 0.2) is 11.5 Å². The van der Waals surface area contributed by atoms with Crippen LogP contribution >= 0.6 is 23.2 Å². The van der Waals surface area contributed by atoms with Gasteiger partial charge in [-0.25, -0.2) is 4.79 Å². The molecule has 156 valence electrons. The van der Waals surface area contributed by atoms with Gasteiger partial charge < -0.3 is 9.47 Å². The number of likely N-dealkylation sites (N-methyl/N-ethyl adjacent to an activating group) is 2. The lowest BCUT2D eigenvalue weighted by atomic mass is 10.1. The van der Waals surface area contributed by atoms with E-state index in [2.05, 4.69) is 0 Å². The number of urea groups is 1. The SMILES string of the molecule is COc1cc(C=C2C(=O)N(C)C(=O)N(C)C2=O)cc(Cl)c1OCc1ccc(Cl)cc1. The van der Waals surface area contributed by atoms with Gasteiger partial charge in [0.05, 0.1) is 12.1 Å². The first-order valence-electron chi connectivity index (χ1n) is 8.79. The minimum absolute atomic E-state index is 0.160. The van der Waals surface area contributed by atoms with Crippen molar-refractivity contribution in [2.24, 2.45) is 0 Å². The highest BCUT2D eigenvalue weighted by Gasteiger charge is 2.37. The second-order valence-corrected chi connectivity index (χ2v) is 7.36. The smallest absolute Gasteiger partial charge is 0.333 e. The summed E-state index contributed by atoms with van der Waals surface area (Å²) in [5.74, 6) is -0.735. The standard InChI is InChI=1S/C21H18Cl2N2O5/c1-24-19(26)15(20(27)25(2)21(24)28)8-13-9-16(23)18(17(10-13)29-3)30-11-12-4-6-14(22)7-5-12/h4-10H,11H2,1-3H3. The maximum absolute atomic E-state index is 12.4. The number of methoxy groups -OCH3 is 1. The normalized spacial score (nSPS) is 14.3. The number of hydrogen-bond donors (Lipinski definition) is 0. The topological polar surface area (TPSA) is 76.2 Å². The van der Waals surface area contributed by atoms with Crippen molar-refractivity contribution in [2.45, 2.75) is 6.61 Å². The summed E-state index contributed by atoms with van der Waals surface area (Å²) >= 11 is 12.3. The number of imide groups is 2. The largest absolute Gasteiger partial charge is 0.493 e. The van der Waals surface area contributed by atoms with Gasteiger partial charge in [-0.15, -0.1) is 0 Å². The summed E-state index contributed by atoms with van der Waals surface area (Å²) in [6.45, 7) is 0.238. The molecule has 0 radical (unpaired) electrons. The fourth-order valence-electron chi connectivity index (χ4n) is 2.84. The fourth-order valence-corrected chi connectivity index (χ4v) is 3.24. The number of benzene rings is 2. The van der Waals surface area contributed by atoms with Crippen molar-refractivity contribution >= 4 is 47.1 Å². The summed E-state index contributed by atoms with van der Waals surface area (Å²) in [7, 11) is 4.07. The van der Waals surface area contributed by atoms with Crippen molar-refractivity contribution < 1.29 is 23.9 Å². The lowest BCUT2D eigenvalue weighted by Crippen LogP contribution is -2.52. The van der Waals surface area contributed by atoms with E-state index in [9.17, 15) is 14.4 Å². The first-order valence-corrected chi connectivity index (χ1v) is 9.55. The third-order valence-electron chi connectivity index (χ3n) is 4.50. The first kappa shape index (κ1) is 21.7. The average molecular weight is 449 g/mol. The average Bonchev–Trinajstić information content (AvgIpc) is 2.74. The van der Waals surface area contributed by atoms with Crippen LogP contribution in [0.15, 0.2) is 42.0 Å². The Morgan fingerprint density at radius 2 is 1.57 bits per heavy atom. The Kier molecular flexibility index (Phi) is 6.34. The van der Waals surface area contributed by atoms with E-state index in [1.165, 1.54) is 27.3 Å². The molecule has 1 aliphatic rings. The Bertz CT molecular complexity index is 1020. The minimum atomic E-state index is -0.693. The van der Waals surface area contributed by atoms with Crippen LogP contribution in [0.2, 0.25) is 10.0 Å². The number of amides is 4. The molecule has 7 nitrogen and oxygen atoms in total. The van der Waals surface area contributed by atoms with E-state index in [-0.39, 0.29) is 17.2 Å². The molecular formula is C21H18Cl2N2O5. The molecule has 9 heteroatoms. The Balaban J connectivity index is 1.90. The molecule has 0 bridgehead atoms. The molecule has 0 N–H and O–H groups in total. The van der Waals surface area contributed by atoms with Crippen molar-refractivity contribution in [3.8, 4) is 11.5 Å². The maximum Gasteiger partial charge on any atom is 0.333 e. The monoisotopic (exact) mass is 448 g/mol. The summed E-state index contributed by atoms with van der Waals surface area (Å²) < 4.78 is 11.2. The van der Waals surface area contributed by atoms with Gasteiger partial charge in [-0.2, -0.15) is 0 Å². The molecule has 30 heavy (non-hydrogen) atoms. The quantitative estimate of drug-likeness (QED) is 0.509. The molecule has 0 saturated carbocycles. The van der Waals surface area contributed by atoms with E-state index in [4.69, 9.17) is 32.7 Å². The molecule has 1 fully saturated rings. The molecule has 2 aromatic carbocycles. The van der Waals surface area contributed by atoms with Gasteiger partial charge in [0.25, 0.3) is 11.8 Å². The lowest BCUT2D eigenvalue weighted by Gasteiger charge is -2.28. The molecule has 3 rings (SSSR count). The van der Waals surface area contributed by atoms with Crippen LogP contribution in [-0.2, 0) is 16.2 Å². The van der Waals surface area contributed by atoms with Crippen molar-refractivity contribution in [2.75, 3.05) is 21.2 Å². The van der Waals surface area contributed by atoms with Crippen LogP contribution in [0, 0.1) is 0 Å². The third kappa shape index (κ3) is 4.27. The lowest BCUT2D eigenvalue weighted by molar-refractivity contribution is -0.134. The van der Waals surface area contributed by atoms with Crippen LogP contribution in [0.4, 0.5) is 4.79 Å². The van der Waals surface area contributed by atoms with Crippen LogP contribution in [0.25, 0.3) is 6.08 Å². The van der Waals surface area contributed by atoms with Crippen molar-refractivity contribution in [3.05, 3.63) is 63.1 Å². The summed E-state index contributed by atoms with van der Waals surface area (Å²) in [5, 5.41) is 0.861. The molecule has 0 atom stereocenters. The van der Waals surface area contributed by atoms with Gasteiger partial charge in [0.1, 0.15) is 12.2 Å². The summed E-state index contributed by atoms with van der Waals surface area (Å²) in [6.07, 6.45) is 1.36. The first-order chi connectivity index (χ1) is 14.2. The molecular weight excluding hydrogens is 431 g/mol. The maximum atomic E-state index is 12.4. The van der Waals surface area contributed by atoms with Gasteiger partial charge >= 0.3 is 6.03 Å². The fraction of sp³-hybridized carbons (Fsp3) is 0.190. The second-order valence-electron chi connectivity index (χ2n) is 6.52. The van der Waals surface area contributed by atoms with Crippen LogP contribution in [0.1, 0.15) is 11.1 Å². The predicted octanol–water partition coefficient (Wildman–Crippen LogP) is 4.01. The number of halogens is 2. The molecule has 2 aromatic rings. The zero-order valence-corrected chi connectivity index (χ0v) is 18.0. The highest BCUT2D eigenvalue weighted by Crippen LogP contribution is 2.38. The summed E-state index contributed by atoms with van der Waals surface area (Å²) in [6, 6.07) is 9.62. The van der Waals surface area contributed by atoms with Crippen LogP contribution in [0.5, 0.6) is 11.5 Å². The number of nitrogens with zero attached hydrogens (tertiary/aromatic N) is 2. The molecule has 1 saturated heterocycles. The Morgan fingerprint density at radius 1 is 0.967 bits per heavy atom. The van der Waals surface area contributed by atoms with Gasteiger partial charge in [-0.05, 0) is 41.5 Å². The van der Waals surface area contributed by atoms with Crippen LogP contribution in [0.3, 0.4) is 0 Å².